The Balaban J connectivity index is 1.22. The molecular formula is C72H72O9Si. The summed E-state index contributed by atoms with van der Waals surface area (Å²) in [7, 11) is -3.43. The summed E-state index contributed by atoms with van der Waals surface area (Å²) in [6, 6.07) is 83.0. The van der Waals surface area contributed by atoms with Gasteiger partial charge < -0.3 is 37.6 Å². The third-order valence-corrected chi connectivity index (χ3v) is 19.8. The van der Waals surface area contributed by atoms with Crippen molar-refractivity contribution in [1.29, 1.82) is 0 Å². The molecule has 0 aliphatic carbocycles. The number of rotatable bonds is 25. The Morgan fingerprint density at radius 3 is 1.22 bits per heavy atom. The van der Waals surface area contributed by atoms with E-state index in [0.717, 1.165) is 43.8 Å². The second-order valence-electron chi connectivity index (χ2n) is 21.7. The van der Waals surface area contributed by atoms with E-state index in [0.29, 0.717) is 23.7 Å². The van der Waals surface area contributed by atoms with Gasteiger partial charge >= 0.3 is 8.32 Å². The van der Waals surface area contributed by atoms with Gasteiger partial charge in [-0.15, -0.1) is 0 Å². The first-order chi connectivity index (χ1) is 40.1. The molecule has 9 aromatic carbocycles. The Bertz CT molecular complexity index is 3330. The van der Waals surface area contributed by atoms with E-state index in [-0.39, 0.29) is 56.7 Å². The van der Waals surface area contributed by atoms with Crippen molar-refractivity contribution < 1.29 is 42.4 Å². The van der Waals surface area contributed by atoms with E-state index in [4.69, 9.17) is 37.6 Å². The largest absolute Gasteiger partial charge is 0.533 e. The van der Waals surface area contributed by atoms with Gasteiger partial charge in [0, 0.05) is 6.07 Å². The van der Waals surface area contributed by atoms with E-state index in [9.17, 15) is 0 Å². The molecule has 1 heterocycles. The third-order valence-electron chi connectivity index (χ3n) is 14.9. The number of carbonyl (C=O) groups is 1. The zero-order valence-corrected chi connectivity index (χ0v) is 48.2. The maximum atomic E-state index is 15.2. The Morgan fingerprint density at radius 1 is 0.439 bits per heavy atom. The molecular weight excluding hydrogens is 1040 g/mol. The van der Waals surface area contributed by atoms with Gasteiger partial charge in [0.15, 0.2) is 5.78 Å². The van der Waals surface area contributed by atoms with Gasteiger partial charge in [0.25, 0.3) is 0 Å². The Labute approximate surface area is 484 Å². The smallest absolute Gasteiger partial charge is 0.319 e. The maximum absolute atomic E-state index is 15.2. The fourth-order valence-electron chi connectivity index (χ4n) is 10.9. The van der Waals surface area contributed by atoms with Crippen LogP contribution < -0.4 is 24.3 Å². The van der Waals surface area contributed by atoms with Crippen LogP contribution in [-0.2, 0) is 63.3 Å². The van der Waals surface area contributed by atoms with Gasteiger partial charge in [0.05, 0.1) is 38.6 Å². The number of benzene rings is 9. The van der Waals surface area contributed by atoms with Crippen molar-refractivity contribution in [3.8, 4) is 17.2 Å². The highest BCUT2D eigenvalue weighted by molar-refractivity contribution is 7.00. The summed E-state index contributed by atoms with van der Waals surface area (Å²) < 4.78 is 58.6. The van der Waals surface area contributed by atoms with Crippen molar-refractivity contribution >= 4 is 24.5 Å². The summed E-state index contributed by atoms with van der Waals surface area (Å²) >= 11 is 0. The number of ether oxygens (including phenoxy) is 7. The van der Waals surface area contributed by atoms with Crippen molar-refractivity contribution in [3.63, 3.8) is 0 Å². The molecule has 0 bridgehead atoms. The average Bonchev–Trinajstić information content (AvgIpc) is 1.57. The number of carbonyl (C=O) groups excluding carboxylic acids is 1. The molecule has 418 valence electrons. The van der Waals surface area contributed by atoms with Gasteiger partial charge in [-0.3, -0.25) is 4.79 Å². The maximum Gasteiger partial charge on any atom is 0.319 e. The van der Waals surface area contributed by atoms with Gasteiger partial charge in [0.2, 0.25) is 0 Å². The summed E-state index contributed by atoms with van der Waals surface area (Å²) in [6.45, 7) is 9.58. The molecule has 1 saturated heterocycles. The molecule has 0 radical (unpaired) electrons. The first kappa shape index (κ1) is 57.3. The zero-order valence-electron chi connectivity index (χ0n) is 47.2. The molecule has 5 atom stereocenters. The second-order valence-corrected chi connectivity index (χ2v) is 26.0. The van der Waals surface area contributed by atoms with Crippen LogP contribution in [0.5, 0.6) is 17.2 Å². The first-order valence-electron chi connectivity index (χ1n) is 28.2. The minimum absolute atomic E-state index is 0.0948. The minimum atomic E-state index is -3.43. The lowest BCUT2D eigenvalue weighted by Gasteiger charge is -2.47. The second kappa shape index (κ2) is 27.7. The highest BCUT2D eigenvalue weighted by Gasteiger charge is 2.54. The summed E-state index contributed by atoms with van der Waals surface area (Å²) in [5, 5.41) is 1.59. The number of hydrogen-bond acceptors (Lipinski definition) is 9. The molecule has 10 heteroatoms. The Morgan fingerprint density at radius 2 is 0.805 bits per heavy atom. The van der Waals surface area contributed by atoms with Crippen molar-refractivity contribution in [3.05, 3.63) is 293 Å². The van der Waals surface area contributed by atoms with Crippen LogP contribution in [0, 0.1) is 0 Å². The highest BCUT2D eigenvalue weighted by atomic mass is 28.4. The number of hydrogen-bond donors (Lipinski definition) is 0. The SMILES string of the molecule is CC(=O)c1c(O[Si](c2ccccc2)(c2ccccc2)C(C)(C)C)cc(OCc2ccccc2)c([C@@H]2O[C@H](COCc3ccccc3)[C@@H](OCc3ccccc3)[C@H](OCc3ccccc3)[C@H]2OCc2ccccc2)c1OCc1ccccc1. The molecule has 9 nitrogen and oxygen atoms in total. The van der Waals surface area contributed by atoms with E-state index >= 15 is 4.79 Å². The average molecular weight is 1110 g/mol. The number of Topliss-reactive ketones (excluding diaryl/α,β-unsaturated/α-hetero) is 1. The zero-order chi connectivity index (χ0) is 56.6. The molecule has 0 N–H and O–H groups in total. The van der Waals surface area contributed by atoms with Gasteiger partial charge in [-0.1, -0.05) is 263 Å². The van der Waals surface area contributed by atoms with Crippen LogP contribution in [0.4, 0.5) is 0 Å². The fraction of sp³-hybridized carbons (Fsp3) is 0.236. The van der Waals surface area contributed by atoms with Crippen molar-refractivity contribution in [1.82, 2.24) is 0 Å². The highest BCUT2D eigenvalue weighted by Crippen LogP contribution is 2.51. The molecule has 1 fully saturated rings. The molecule has 0 amide bonds. The van der Waals surface area contributed by atoms with E-state index in [1.165, 1.54) is 0 Å². The Kier molecular flexibility index (Phi) is 19.4. The van der Waals surface area contributed by atoms with Crippen LogP contribution in [-0.4, -0.2) is 45.1 Å². The number of ketones is 1. The standard InChI is InChI=1S/C72H72O9Si/c1-53(73)65-63(81-82(72(2,3)4,60-41-25-11-26-42-60)61-43-27-12-28-44-61)45-62(75-47-55-31-15-6-16-32-55)66(68(65)77-49-57-35-19-8-20-36-57)69-71(79-51-59-39-23-10-24-40-59)70(78-50-58-37-21-9-22-38-58)67(76-48-56-33-17-7-18-34-56)64(80-69)52-74-46-54-29-13-5-14-30-54/h5-45,64,67,69-71H,46-52H2,1-4H3/t64-,67-,69+,70+,71+/m1/s1. The van der Waals surface area contributed by atoms with Crippen LogP contribution in [0.1, 0.15) is 83.1 Å². The summed E-state index contributed by atoms with van der Waals surface area (Å²) in [5.74, 6) is 0.700. The van der Waals surface area contributed by atoms with E-state index in [1.54, 1.807) is 6.92 Å². The predicted molar refractivity (Wildman–Crippen MR) is 325 cm³/mol. The summed E-state index contributed by atoms with van der Waals surface area (Å²) in [4.78, 5) is 15.2. The van der Waals surface area contributed by atoms with E-state index in [1.807, 2.05) is 200 Å². The molecule has 10 rings (SSSR count). The topological polar surface area (TPSA) is 90.9 Å². The summed E-state index contributed by atoms with van der Waals surface area (Å²) in [6.07, 6.45) is -4.29. The lowest BCUT2D eigenvalue weighted by atomic mass is 9.88. The van der Waals surface area contributed by atoms with Crippen LogP contribution in [0.15, 0.2) is 249 Å². The van der Waals surface area contributed by atoms with Crippen LogP contribution >= 0.6 is 0 Å². The molecule has 0 spiro atoms. The van der Waals surface area contributed by atoms with Gasteiger partial charge in [-0.25, -0.2) is 0 Å². The lowest BCUT2D eigenvalue weighted by Crippen LogP contribution is -2.69. The predicted octanol–water partition coefficient (Wildman–Crippen LogP) is 14.4. The monoisotopic (exact) mass is 1110 g/mol. The molecule has 82 heavy (non-hydrogen) atoms. The van der Waals surface area contributed by atoms with Crippen LogP contribution in [0.2, 0.25) is 5.04 Å². The first-order valence-corrected chi connectivity index (χ1v) is 30.1. The molecule has 1 aliphatic rings. The lowest BCUT2D eigenvalue weighted by molar-refractivity contribution is -0.275. The summed E-state index contributed by atoms with van der Waals surface area (Å²) in [5.41, 5.74) is 6.43. The molecule has 0 unspecified atom stereocenters. The van der Waals surface area contributed by atoms with Gasteiger partial charge in [-0.05, 0) is 55.7 Å². The third kappa shape index (κ3) is 14.0. The van der Waals surface area contributed by atoms with Gasteiger partial charge in [0.1, 0.15) is 66.5 Å². The van der Waals surface area contributed by atoms with E-state index < -0.39 is 43.9 Å². The Hall–Kier alpha value is -7.93. The minimum Gasteiger partial charge on any atom is -0.533 e. The van der Waals surface area contributed by atoms with Crippen molar-refractivity contribution in [2.45, 2.75) is 103 Å². The molecule has 9 aromatic rings. The fourth-order valence-corrected chi connectivity index (χ4v) is 15.3. The molecule has 0 saturated carbocycles. The van der Waals surface area contributed by atoms with Crippen LogP contribution in [0.25, 0.3) is 0 Å². The van der Waals surface area contributed by atoms with Crippen molar-refractivity contribution in [2.24, 2.45) is 0 Å². The van der Waals surface area contributed by atoms with E-state index in [2.05, 4.69) is 69.3 Å². The van der Waals surface area contributed by atoms with Crippen LogP contribution in [0.3, 0.4) is 0 Å². The molecule has 0 aromatic heterocycles. The quantitative estimate of drug-likeness (QED) is 0.0410. The van der Waals surface area contributed by atoms with Crippen molar-refractivity contribution in [2.75, 3.05) is 6.61 Å². The normalized spacial score (nSPS) is 17.2. The molecule has 1 aliphatic heterocycles. The van der Waals surface area contributed by atoms with Gasteiger partial charge in [-0.2, -0.15) is 0 Å².